The zero-order valence-corrected chi connectivity index (χ0v) is 12.9. The van der Waals surface area contributed by atoms with Crippen molar-refractivity contribution in [3.63, 3.8) is 0 Å². The summed E-state index contributed by atoms with van der Waals surface area (Å²) in [5.41, 5.74) is 1.01. The van der Waals surface area contributed by atoms with E-state index in [1.54, 1.807) is 11.3 Å². The number of hydrogen-bond donors (Lipinski definition) is 0. The number of piperidine rings is 1. The van der Waals surface area contributed by atoms with E-state index in [-0.39, 0.29) is 6.10 Å². The molecule has 0 unspecified atom stereocenters. The van der Waals surface area contributed by atoms with Crippen LogP contribution in [-0.4, -0.2) is 34.2 Å². The summed E-state index contributed by atoms with van der Waals surface area (Å²) in [7, 11) is 0. The molecule has 4 heterocycles. The summed E-state index contributed by atoms with van der Waals surface area (Å²) in [5, 5.41) is 7.24. The van der Waals surface area contributed by atoms with Crippen molar-refractivity contribution in [2.45, 2.75) is 38.5 Å². The molecule has 4 rings (SSSR count). The minimum Gasteiger partial charge on any atom is -0.366 e. The van der Waals surface area contributed by atoms with E-state index in [4.69, 9.17) is 9.26 Å². The van der Waals surface area contributed by atoms with Crippen molar-refractivity contribution in [1.82, 2.24) is 15.0 Å². The minimum atomic E-state index is 0.203. The highest BCUT2D eigenvalue weighted by Gasteiger charge is 2.40. The molecule has 0 spiro atoms. The lowest BCUT2D eigenvalue weighted by atomic mass is 9.92. The first-order valence-corrected chi connectivity index (χ1v) is 8.35. The summed E-state index contributed by atoms with van der Waals surface area (Å²) in [6.07, 6.45) is 4.72. The lowest BCUT2D eigenvalue weighted by Gasteiger charge is -2.33. The number of likely N-dealkylation sites (tertiary alicyclic amines) is 1. The average molecular weight is 305 g/mol. The van der Waals surface area contributed by atoms with Crippen molar-refractivity contribution < 1.29 is 9.26 Å². The van der Waals surface area contributed by atoms with Crippen molar-refractivity contribution in [2.24, 2.45) is 5.92 Å². The predicted molar refractivity (Wildman–Crippen MR) is 79.0 cm³/mol. The molecule has 2 aliphatic heterocycles. The Morgan fingerprint density at radius 3 is 3.19 bits per heavy atom. The van der Waals surface area contributed by atoms with E-state index >= 15 is 0 Å². The Hall–Kier alpha value is -1.24. The summed E-state index contributed by atoms with van der Waals surface area (Å²) in [5.74, 6) is 1.55. The highest BCUT2D eigenvalue weighted by molar-refractivity contribution is 7.09. The highest BCUT2D eigenvalue weighted by atomic mass is 32.1. The number of nitrogens with zero attached hydrogens (tertiary/aromatic N) is 3. The Morgan fingerprint density at radius 2 is 2.43 bits per heavy atom. The number of aryl methyl sites for hydroxylation is 1. The van der Waals surface area contributed by atoms with Gasteiger partial charge in [-0.15, -0.1) is 11.3 Å². The summed E-state index contributed by atoms with van der Waals surface area (Å²) >= 11 is 1.70. The Labute approximate surface area is 127 Å². The zero-order chi connectivity index (χ0) is 14.2. The summed E-state index contributed by atoms with van der Waals surface area (Å²) < 4.78 is 11.4. The van der Waals surface area contributed by atoms with E-state index in [0.717, 1.165) is 42.5 Å². The Morgan fingerprint density at radius 1 is 1.48 bits per heavy atom. The van der Waals surface area contributed by atoms with Crippen LogP contribution in [0.3, 0.4) is 0 Å². The topological polar surface area (TPSA) is 51.4 Å². The third kappa shape index (κ3) is 2.75. The van der Waals surface area contributed by atoms with Crippen LogP contribution in [0.4, 0.5) is 0 Å². The summed E-state index contributed by atoms with van der Waals surface area (Å²) in [4.78, 5) is 6.82. The zero-order valence-electron chi connectivity index (χ0n) is 12.1. The van der Waals surface area contributed by atoms with Gasteiger partial charge in [0.25, 0.3) is 0 Å². The van der Waals surface area contributed by atoms with Crippen molar-refractivity contribution in [2.75, 3.05) is 13.1 Å². The van der Waals surface area contributed by atoms with Crippen molar-refractivity contribution in [3.05, 3.63) is 34.1 Å². The fraction of sp³-hybridized carbons (Fsp3) is 0.600. The van der Waals surface area contributed by atoms with Gasteiger partial charge in [0.05, 0.1) is 11.8 Å². The Balaban J connectivity index is 1.39. The number of ether oxygens (including phenoxy) is 1. The molecule has 5 nitrogen and oxygen atoms in total. The van der Waals surface area contributed by atoms with Gasteiger partial charge in [0.1, 0.15) is 16.9 Å². The molecule has 2 saturated heterocycles. The van der Waals surface area contributed by atoms with E-state index < -0.39 is 0 Å². The maximum Gasteiger partial charge on any atom is 0.133 e. The summed E-state index contributed by atoms with van der Waals surface area (Å²) in [6, 6.07) is 2.01. The van der Waals surface area contributed by atoms with E-state index in [0.29, 0.717) is 12.0 Å². The molecule has 2 fully saturated rings. The molecule has 0 radical (unpaired) electrons. The van der Waals surface area contributed by atoms with E-state index in [2.05, 4.69) is 15.0 Å². The second-order valence-electron chi connectivity index (χ2n) is 5.98. The fourth-order valence-corrected chi connectivity index (χ4v) is 4.10. The number of fused-ring (bicyclic) bond motifs is 1. The highest BCUT2D eigenvalue weighted by Crippen LogP contribution is 2.41. The predicted octanol–water partition coefficient (Wildman–Crippen LogP) is 2.79. The van der Waals surface area contributed by atoms with Crippen LogP contribution < -0.4 is 0 Å². The molecule has 112 valence electrons. The SMILES string of the molecule is Cc1cc(CN2CC[C@H]3C[C@@H](c4nccs4)O[C@@H]3C2)no1. The van der Waals surface area contributed by atoms with E-state index in [9.17, 15) is 0 Å². The van der Waals surface area contributed by atoms with Crippen LogP contribution in [0.2, 0.25) is 0 Å². The fourth-order valence-electron chi connectivity index (χ4n) is 3.41. The van der Waals surface area contributed by atoms with Gasteiger partial charge in [-0.1, -0.05) is 5.16 Å². The van der Waals surface area contributed by atoms with Gasteiger partial charge in [-0.25, -0.2) is 4.98 Å². The van der Waals surface area contributed by atoms with Gasteiger partial charge in [-0.3, -0.25) is 4.90 Å². The first-order chi connectivity index (χ1) is 10.3. The molecule has 0 N–H and O–H groups in total. The first kappa shape index (κ1) is 13.4. The monoisotopic (exact) mass is 305 g/mol. The van der Waals surface area contributed by atoms with Crippen molar-refractivity contribution in [1.29, 1.82) is 0 Å². The molecular weight excluding hydrogens is 286 g/mol. The second kappa shape index (κ2) is 5.51. The third-order valence-corrected chi connectivity index (χ3v) is 5.29. The van der Waals surface area contributed by atoms with Crippen LogP contribution in [0.25, 0.3) is 0 Å². The minimum absolute atomic E-state index is 0.203. The Kier molecular flexibility index (Phi) is 3.52. The molecule has 0 bridgehead atoms. The maximum atomic E-state index is 6.25. The third-order valence-electron chi connectivity index (χ3n) is 4.43. The van der Waals surface area contributed by atoms with Gasteiger partial charge in [0, 0.05) is 30.7 Å². The number of aromatic nitrogens is 2. The molecule has 21 heavy (non-hydrogen) atoms. The molecule has 3 atom stereocenters. The normalized spacial score (nSPS) is 29.7. The van der Waals surface area contributed by atoms with Gasteiger partial charge in [-0.2, -0.15) is 0 Å². The molecule has 6 heteroatoms. The van der Waals surface area contributed by atoms with Gasteiger partial charge in [0.15, 0.2) is 0 Å². The standard InChI is InChI=1S/C15H19N3O2S/c1-10-6-12(17-20-10)8-18-4-2-11-7-13(19-14(11)9-18)15-16-3-5-21-15/h3,5-6,11,13-14H,2,4,7-9H2,1H3/t11-,13-,14+/m0/s1. The van der Waals surface area contributed by atoms with Gasteiger partial charge < -0.3 is 9.26 Å². The quantitative estimate of drug-likeness (QED) is 0.873. The molecule has 2 aromatic rings. The average Bonchev–Trinajstić information content (AvgIpc) is 3.18. The lowest BCUT2D eigenvalue weighted by Crippen LogP contribution is -2.41. The van der Waals surface area contributed by atoms with Crippen molar-refractivity contribution >= 4 is 11.3 Å². The van der Waals surface area contributed by atoms with E-state index in [1.807, 2.05) is 24.6 Å². The molecule has 0 aliphatic carbocycles. The van der Waals surface area contributed by atoms with Crippen molar-refractivity contribution in [3.8, 4) is 0 Å². The number of thiazole rings is 1. The van der Waals surface area contributed by atoms with E-state index in [1.165, 1.54) is 6.42 Å². The van der Waals surface area contributed by atoms with Crippen LogP contribution >= 0.6 is 11.3 Å². The first-order valence-electron chi connectivity index (χ1n) is 7.47. The smallest absolute Gasteiger partial charge is 0.133 e. The van der Waals surface area contributed by atoms with Crippen LogP contribution in [0.15, 0.2) is 22.2 Å². The maximum absolute atomic E-state index is 6.25. The number of hydrogen-bond acceptors (Lipinski definition) is 6. The van der Waals surface area contributed by atoms with Crippen LogP contribution in [0.1, 0.15) is 35.4 Å². The molecule has 0 aromatic carbocycles. The molecule has 0 amide bonds. The number of rotatable bonds is 3. The van der Waals surface area contributed by atoms with Crippen LogP contribution in [0, 0.1) is 12.8 Å². The summed E-state index contributed by atoms with van der Waals surface area (Å²) in [6.45, 7) is 4.88. The second-order valence-corrected chi connectivity index (χ2v) is 6.91. The van der Waals surface area contributed by atoms with Gasteiger partial charge in [-0.05, 0) is 32.2 Å². The van der Waals surface area contributed by atoms with Crippen LogP contribution in [-0.2, 0) is 11.3 Å². The molecule has 2 aromatic heterocycles. The van der Waals surface area contributed by atoms with Crippen LogP contribution in [0.5, 0.6) is 0 Å². The lowest BCUT2D eigenvalue weighted by molar-refractivity contribution is -0.00984. The van der Waals surface area contributed by atoms with Gasteiger partial charge in [0.2, 0.25) is 0 Å². The largest absolute Gasteiger partial charge is 0.366 e. The Bertz CT molecular complexity index is 598. The molecular formula is C15H19N3O2S. The molecule has 2 aliphatic rings. The van der Waals surface area contributed by atoms with Gasteiger partial charge >= 0.3 is 0 Å². The molecule has 0 saturated carbocycles.